The molecular formula is C16H17NO2S2. The van der Waals surface area contributed by atoms with Gasteiger partial charge in [-0.05, 0) is 24.6 Å². The summed E-state index contributed by atoms with van der Waals surface area (Å²) in [5.41, 5.74) is 1.06. The molecule has 1 saturated heterocycles. The summed E-state index contributed by atoms with van der Waals surface area (Å²) in [4.78, 5) is 16.5. The third-order valence-electron chi connectivity index (χ3n) is 3.68. The maximum atomic E-state index is 12.7. The van der Waals surface area contributed by atoms with Gasteiger partial charge in [0.2, 0.25) is 0 Å². The zero-order valence-electron chi connectivity index (χ0n) is 11.8. The Labute approximate surface area is 131 Å². The van der Waals surface area contributed by atoms with Crippen molar-refractivity contribution < 1.29 is 9.00 Å². The Balaban J connectivity index is 1.91. The fourth-order valence-electron chi connectivity index (χ4n) is 2.59. The van der Waals surface area contributed by atoms with Crippen molar-refractivity contribution in [1.82, 2.24) is 4.90 Å². The molecule has 3 rings (SSSR count). The Morgan fingerprint density at radius 3 is 2.67 bits per heavy atom. The minimum absolute atomic E-state index is 0.0543. The van der Waals surface area contributed by atoms with Crippen LogP contribution in [0.25, 0.3) is 0 Å². The maximum Gasteiger partial charge on any atom is 0.264 e. The summed E-state index contributed by atoms with van der Waals surface area (Å²) in [6.07, 6.45) is 0. The molecule has 5 heteroatoms. The van der Waals surface area contributed by atoms with E-state index in [-0.39, 0.29) is 11.9 Å². The van der Waals surface area contributed by atoms with Crippen molar-refractivity contribution in [2.24, 2.45) is 0 Å². The first kappa shape index (κ1) is 14.5. The third-order valence-corrected chi connectivity index (χ3v) is 5.99. The summed E-state index contributed by atoms with van der Waals surface area (Å²) in [5, 5.41) is 0. The summed E-state index contributed by atoms with van der Waals surface area (Å²) in [6, 6.07) is 13.7. The molecule has 0 spiro atoms. The number of hydrogen-bond donors (Lipinski definition) is 0. The van der Waals surface area contributed by atoms with Crippen LogP contribution in [0.1, 0.15) is 26.2 Å². The van der Waals surface area contributed by atoms with Crippen molar-refractivity contribution in [3.05, 3.63) is 57.8 Å². The molecule has 0 bridgehead atoms. The number of carbonyl (C=O) groups excluding carboxylic acids is 1. The number of thiophene rings is 1. The zero-order valence-corrected chi connectivity index (χ0v) is 13.5. The molecular weight excluding hydrogens is 302 g/mol. The van der Waals surface area contributed by atoms with Gasteiger partial charge in [0.1, 0.15) is 0 Å². The average Bonchev–Trinajstić information content (AvgIpc) is 2.94. The molecule has 1 aliphatic rings. The highest BCUT2D eigenvalue weighted by atomic mass is 32.2. The van der Waals surface area contributed by atoms with Gasteiger partial charge in [0.15, 0.2) is 0 Å². The summed E-state index contributed by atoms with van der Waals surface area (Å²) in [7, 11) is -0.850. The molecule has 1 aliphatic heterocycles. The highest BCUT2D eigenvalue weighted by molar-refractivity contribution is 7.85. The number of hydrogen-bond acceptors (Lipinski definition) is 3. The molecule has 3 nitrogen and oxygen atoms in total. The van der Waals surface area contributed by atoms with E-state index in [9.17, 15) is 9.00 Å². The van der Waals surface area contributed by atoms with Crippen LogP contribution in [0.15, 0.2) is 42.5 Å². The van der Waals surface area contributed by atoms with Gasteiger partial charge >= 0.3 is 0 Å². The molecule has 2 aromatic rings. The van der Waals surface area contributed by atoms with Gasteiger partial charge in [-0.3, -0.25) is 9.00 Å². The average molecular weight is 319 g/mol. The summed E-state index contributed by atoms with van der Waals surface area (Å²) in [6.45, 7) is 2.56. The molecule has 0 radical (unpaired) electrons. The van der Waals surface area contributed by atoms with E-state index in [1.165, 1.54) is 11.3 Å². The van der Waals surface area contributed by atoms with E-state index in [2.05, 4.69) is 0 Å². The lowest BCUT2D eigenvalue weighted by atomic mass is 10.1. The van der Waals surface area contributed by atoms with Gasteiger partial charge in [-0.25, -0.2) is 0 Å². The van der Waals surface area contributed by atoms with Gasteiger partial charge < -0.3 is 4.90 Å². The van der Waals surface area contributed by atoms with Crippen molar-refractivity contribution in [3.8, 4) is 0 Å². The fraction of sp³-hybridized carbons (Fsp3) is 0.312. The Morgan fingerprint density at radius 1 is 1.24 bits per heavy atom. The van der Waals surface area contributed by atoms with Crippen LogP contribution in [0, 0.1) is 6.92 Å². The minimum Gasteiger partial charge on any atom is -0.329 e. The van der Waals surface area contributed by atoms with Crippen molar-refractivity contribution in [1.29, 1.82) is 0 Å². The monoisotopic (exact) mass is 319 g/mol. The molecule has 0 saturated carbocycles. The second-order valence-corrected chi connectivity index (χ2v) is 8.06. The lowest BCUT2D eigenvalue weighted by molar-refractivity contribution is 0.0704. The Bertz CT molecular complexity index is 666. The van der Waals surface area contributed by atoms with Crippen LogP contribution in [0.3, 0.4) is 0 Å². The fourth-order valence-corrected chi connectivity index (χ4v) is 4.71. The second-order valence-electron chi connectivity index (χ2n) is 5.15. The number of benzene rings is 1. The van der Waals surface area contributed by atoms with Gasteiger partial charge in [-0.2, -0.15) is 0 Å². The van der Waals surface area contributed by atoms with E-state index < -0.39 is 10.8 Å². The van der Waals surface area contributed by atoms with Crippen LogP contribution in [-0.2, 0) is 10.8 Å². The SMILES string of the molecule is Cc1ccc(C(=O)N2CC[S@@](=O)C[C@@H]2c2ccccc2)s1. The molecule has 1 aromatic heterocycles. The number of amides is 1. The van der Waals surface area contributed by atoms with Crippen LogP contribution in [0.4, 0.5) is 0 Å². The van der Waals surface area contributed by atoms with Crippen molar-refractivity contribution in [2.45, 2.75) is 13.0 Å². The predicted octanol–water partition coefficient (Wildman–Crippen LogP) is 3.00. The molecule has 21 heavy (non-hydrogen) atoms. The van der Waals surface area contributed by atoms with E-state index in [1.54, 1.807) is 0 Å². The molecule has 2 heterocycles. The normalized spacial score (nSPS) is 22.2. The number of rotatable bonds is 2. The molecule has 1 aromatic carbocycles. The lowest BCUT2D eigenvalue weighted by Gasteiger charge is -2.35. The number of carbonyl (C=O) groups is 1. The molecule has 0 aliphatic carbocycles. The molecule has 2 atom stereocenters. The van der Waals surface area contributed by atoms with Gasteiger partial charge in [0.25, 0.3) is 5.91 Å². The van der Waals surface area contributed by atoms with E-state index in [4.69, 9.17) is 0 Å². The highest BCUT2D eigenvalue weighted by Gasteiger charge is 2.32. The van der Waals surface area contributed by atoms with Gasteiger partial charge in [0, 0.05) is 33.7 Å². The maximum absolute atomic E-state index is 12.7. The van der Waals surface area contributed by atoms with Gasteiger partial charge in [-0.15, -0.1) is 11.3 Å². The quantitative estimate of drug-likeness (QED) is 0.853. The molecule has 0 N–H and O–H groups in total. The molecule has 1 amide bonds. The highest BCUT2D eigenvalue weighted by Crippen LogP contribution is 2.28. The van der Waals surface area contributed by atoms with Crippen molar-refractivity contribution in [3.63, 3.8) is 0 Å². The first-order valence-electron chi connectivity index (χ1n) is 6.92. The standard InChI is InChI=1S/C16H17NO2S2/c1-12-7-8-15(20-12)16(18)17-9-10-21(19)11-14(17)13-5-3-2-4-6-13/h2-8,14H,9-11H2,1H3/t14-,21-/m1/s1. The van der Waals surface area contributed by atoms with Crippen LogP contribution < -0.4 is 0 Å². The first-order chi connectivity index (χ1) is 10.1. The van der Waals surface area contributed by atoms with E-state index in [0.29, 0.717) is 18.1 Å². The third kappa shape index (κ3) is 3.09. The molecule has 1 fully saturated rings. The van der Waals surface area contributed by atoms with E-state index in [0.717, 1.165) is 15.3 Å². The van der Waals surface area contributed by atoms with Crippen LogP contribution in [0.2, 0.25) is 0 Å². The van der Waals surface area contributed by atoms with Gasteiger partial charge in [-0.1, -0.05) is 30.3 Å². The van der Waals surface area contributed by atoms with Gasteiger partial charge in [0.05, 0.1) is 10.9 Å². The zero-order chi connectivity index (χ0) is 14.8. The minimum atomic E-state index is -0.850. The van der Waals surface area contributed by atoms with E-state index >= 15 is 0 Å². The lowest BCUT2D eigenvalue weighted by Crippen LogP contribution is -2.44. The van der Waals surface area contributed by atoms with Crippen molar-refractivity contribution in [2.75, 3.05) is 18.1 Å². The second kappa shape index (κ2) is 6.12. The Kier molecular flexibility index (Phi) is 4.22. The van der Waals surface area contributed by atoms with Crippen LogP contribution >= 0.6 is 11.3 Å². The molecule has 0 unspecified atom stereocenters. The summed E-state index contributed by atoms with van der Waals surface area (Å²) in [5.74, 6) is 1.15. The topological polar surface area (TPSA) is 37.4 Å². The van der Waals surface area contributed by atoms with Crippen molar-refractivity contribution >= 4 is 28.0 Å². The Hall–Kier alpha value is -1.46. The smallest absolute Gasteiger partial charge is 0.264 e. The Morgan fingerprint density at radius 2 is 2.00 bits per heavy atom. The largest absolute Gasteiger partial charge is 0.329 e. The summed E-state index contributed by atoms with van der Waals surface area (Å²) < 4.78 is 11.9. The van der Waals surface area contributed by atoms with Crippen LogP contribution in [0.5, 0.6) is 0 Å². The molecule has 110 valence electrons. The van der Waals surface area contributed by atoms with E-state index in [1.807, 2.05) is 54.3 Å². The van der Waals surface area contributed by atoms with Crippen LogP contribution in [-0.4, -0.2) is 33.1 Å². The number of nitrogens with zero attached hydrogens (tertiary/aromatic N) is 1. The first-order valence-corrected chi connectivity index (χ1v) is 9.23. The number of aryl methyl sites for hydroxylation is 1. The summed E-state index contributed by atoms with van der Waals surface area (Å²) >= 11 is 1.52. The predicted molar refractivity (Wildman–Crippen MR) is 87.2 cm³/mol.